The molecule has 2 bridgehead atoms. The molecule has 2 aliphatic carbocycles. The molecule has 134 valence electrons. The lowest BCUT2D eigenvalue weighted by molar-refractivity contribution is -0.308. The van der Waals surface area contributed by atoms with Gasteiger partial charge in [-0.25, -0.2) is 0 Å². The highest BCUT2D eigenvalue weighted by atomic mass is 16.7. The molecular formula is C16H28O7. The maximum Gasteiger partial charge on any atom is 0.186 e. The van der Waals surface area contributed by atoms with Gasteiger partial charge in [0.25, 0.3) is 0 Å². The molecule has 2 saturated carbocycles. The van der Waals surface area contributed by atoms with Crippen molar-refractivity contribution in [3.8, 4) is 0 Å². The minimum atomic E-state index is -1.43. The first kappa shape index (κ1) is 17.5. The number of rotatable bonds is 4. The first-order valence-corrected chi connectivity index (χ1v) is 8.35. The van der Waals surface area contributed by atoms with Crippen LogP contribution in [0.4, 0.5) is 0 Å². The molecular weight excluding hydrogens is 304 g/mol. The molecule has 1 heterocycles. The topological polar surface area (TPSA) is 120 Å². The van der Waals surface area contributed by atoms with Crippen LogP contribution in [0.3, 0.4) is 0 Å². The predicted octanol–water partition coefficient (Wildman–Crippen LogP) is -1.01. The van der Waals surface area contributed by atoms with Crippen LogP contribution in [0.2, 0.25) is 0 Å². The fourth-order valence-electron chi connectivity index (χ4n) is 4.74. The molecule has 0 spiro atoms. The van der Waals surface area contributed by atoms with E-state index in [4.69, 9.17) is 9.47 Å². The van der Waals surface area contributed by atoms with E-state index in [9.17, 15) is 25.5 Å². The fraction of sp³-hybridized carbons (Fsp3) is 1.00. The summed E-state index contributed by atoms with van der Waals surface area (Å²) in [6, 6.07) is 0. The van der Waals surface area contributed by atoms with E-state index in [-0.39, 0.29) is 23.5 Å². The lowest BCUT2D eigenvalue weighted by Gasteiger charge is -2.43. The van der Waals surface area contributed by atoms with Gasteiger partial charge in [0, 0.05) is 10.8 Å². The Morgan fingerprint density at radius 2 is 1.78 bits per heavy atom. The summed E-state index contributed by atoms with van der Waals surface area (Å²) in [5.74, 6) is 0.354. The zero-order valence-electron chi connectivity index (χ0n) is 13.6. The average molecular weight is 332 g/mol. The summed E-state index contributed by atoms with van der Waals surface area (Å²) < 4.78 is 11.2. The van der Waals surface area contributed by atoms with Gasteiger partial charge in [-0.05, 0) is 25.2 Å². The molecule has 3 rings (SSSR count). The second-order valence-corrected chi connectivity index (χ2v) is 7.83. The van der Waals surface area contributed by atoms with E-state index in [1.807, 2.05) is 0 Å². The predicted molar refractivity (Wildman–Crippen MR) is 79.3 cm³/mol. The van der Waals surface area contributed by atoms with Crippen molar-refractivity contribution in [1.29, 1.82) is 0 Å². The number of ether oxygens (including phenoxy) is 2. The van der Waals surface area contributed by atoms with Crippen LogP contribution in [0.25, 0.3) is 0 Å². The molecule has 3 fully saturated rings. The van der Waals surface area contributed by atoms with Crippen molar-refractivity contribution < 1.29 is 35.0 Å². The van der Waals surface area contributed by atoms with Gasteiger partial charge in [-0.2, -0.15) is 0 Å². The number of aliphatic hydroxyl groups excluding tert-OH is 5. The summed E-state index contributed by atoms with van der Waals surface area (Å²) >= 11 is 0. The van der Waals surface area contributed by atoms with Crippen LogP contribution in [0.1, 0.15) is 33.1 Å². The van der Waals surface area contributed by atoms with E-state index < -0.39 is 37.3 Å². The van der Waals surface area contributed by atoms with Gasteiger partial charge in [0.1, 0.15) is 24.4 Å². The van der Waals surface area contributed by atoms with Crippen LogP contribution in [0.15, 0.2) is 0 Å². The molecule has 0 aromatic rings. The third-order valence-corrected chi connectivity index (χ3v) is 6.86. The Kier molecular flexibility index (Phi) is 4.51. The monoisotopic (exact) mass is 332 g/mol. The molecule has 7 heteroatoms. The molecule has 0 aromatic carbocycles. The van der Waals surface area contributed by atoms with Crippen LogP contribution in [0.5, 0.6) is 0 Å². The lowest BCUT2D eigenvalue weighted by Crippen LogP contribution is -2.59. The van der Waals surface area contributed by atoms with Gasteiger partial charge in [0.05, 0.1) is 19.3 Å². The molecule has 7 nitrogen and oxygen atoms in total. The zero-order valence-corrected chi connectivity index (χ0v) is 13.6. The highest BCUT2D eigenvalue weighted by molar-refractivity contribution is 5.12. The second-order valence-electron chi connectivity index (χ2n) is 7.83. The number of hydrogen-bond acceptors (Lipinski definition) is 7. The fourth-order valence-corrected chi connectivity index (χ4v) is 4.74. The molecule has 1 saturated heterocycles. The molecule has 9 atom stereocenters. The molecule has 0 unspecified atom stereocenters. The molecule has 5 N–H and O–H groups in total. The number of aliphatic hydroxyl groups is 5. The van der Waals surface area contributed by atoms with E-state index in [1.54, 1.807) is 0 Å². The minimum absolute atomic E-state index is 0.230. The van der Waals surface area contributed by atoms with Crippen molar-refractivity contribution in [3.05, 3.63) is 0 Å². The summed E-state index contributed by atoms with van der Waals surface area (Å²) in [5, 5.41) is 49.2. The highest BCUT2D eigenvalue weighted by Crippen LogP contribution is 2.65. The van der Waals surface area contributed by atoms with Gasteiger partial charge >= 0.3 is 0 Å². The minimum Gasteiger partial charge on any atom is -0.394 e. The van der Waals surface area contributed by atoms with Gasteiger partial charge in [0.2, 0.25) is 0 Å². The number of fused-ring (bicyclic) bond motifs is 2. The maximum atomic E-state index is 10.3. The number of hydrogen-bond donors (Lipinski definition) is 5. The highest BCUT2D eigenvalue weighted by Gasteiger charge is 2.64. The second kappa shape index (κ2) is 5.91. The van der Waals surface area contributed by atoms with Gasteiger partial charge in [-0.1, -0.05) is 13.8 Å². The Bertz CT molecular complexity index is 444. The van der Waals surface area contributed by atoms with Crippen LogP contribution in [-0.4, -0.2) is 75.6 Å². The molecule has 0 aromatic heterocycles. The Morgan fingerprint density at radius 3 is 2.30 bits per heavy atom. The van der Waals surface area contributed by atoms with Crippen molar-refractivity contribution in [2.45, 2.75) is 69.9 Å². The molecule has 23 heavy (non-hydrogen) atoms. The van der Waals surface area contributed by atoms with E-state index in [0.717, 1.165) is 19.3 Å². The third-order valence-electron chi connectivity index (χ3n) is 6.86. The normalized spacial score (nSPS) is 56.2. The Morgan fingerprint density at radius 1 is 1.09 bits per heavy atom. The van der Waals surface area contributed by atoms with Crippen LogP contribution in [0, 0.1) is 16.7 Å². The van der Waals surface area contributed by atoms with Crippen LogP contribution in [-0.2, 0) is 9.47 Å². The summed E-state index contributed by atoms with van der Waals surface area (Å²) in [6.45, 7) is 3.97. The summed E-state index contributed by atoms with van der Waals surface area (Å²) in [6.07, 6.45) is -3.89. The van der Waals surface area contributed by atoms with Crippen molar-refractivity contribution in [1.82, 2.24) is 0 Å². The van der Waals surface area contributed by atoms with E-state index in [1.165, 1.54) is 0 Å². The van der Waals surface area contributed by atoms with E-state index >= 15 is 0 Å². The van der Waals surface area contributed by atoms with Crippen molar-refractivity contribution in [2.24, 2.45) is 16.7 Å². The van der Waals surface area contributed by atoms with Gasteiger partial charge < -0.3 is 35.0 Å². The van der Waals surface area contributed by atoms with E-state index in [0.29, 0.717) is 5.92 Å². The van der Waals surface area contributed by atoms with Crippen LogP contribution < -0.4 is 0 Å². The van der Waals surface area contributed by atoms with Gasteiger partial charge in [-0.15, -0.1) is 0 Å². The van der Waals surface area contributed by atoms with Crippen molar-refractivity contribution >= 4 is 0 Å². The molecule has 3 aliphatic rings. The Labute approximate surface area is 135 Å². The maximum absolute atomic E-state index is 10.3. The third kappa shape index (κ3) is 2.45. The van der Waals surface area contributed by atoms with Gasteiger partial charge in [0.15, 0.2) is 6.29 Å². The Balaban J connectivity index is 1.68. The largest absolute Gasteiger partial charge is 0.394 e. The quantitative estimate of drug-likeness (QED) is 0.447. The first-order chi connectivity index (χ1) is 10.7. The first-order valence-electron chi connectivity index (χ1n) is 8.35. The summed E-state index contributed by atoms with van der Waals surface area (Å²) in [7, 11) is 0. The lowest BCUT2D eigenvalue weighted by atomic mass is 9.69. The van der Waals surface area contributed by atoms with E-state index in [2.05, 4.69) is 13.8 Å². The van der Waals surface area contributed by atoms with Crippen LogP contribution >= 0.6 is 0 Å². The molecule has 1 aliphatic heterocycles. The smallest absolute Gasteiger partial charge is 0.186 e. The Hall–Kier alpha value is -0.280. The van der Waals surface area contributed by atoms with Crippen molar-refractivity contribution in [2.75, 3.05) is 13.2 Å². The van der Waals surface area contributed by atoms with Gasteiger partial charge in [-0.3, -0.25) is 0 Å². The molecule has 0 amide bonds. The SMILES string of the molecule is C[C@]1(CO[C@@H]2O[C@H](CO)[C@@H](O)[C@H](O)[C@H]2O)[C@@H]2CC[C@@]1(C)[C@@H](O)C2. The summed E-state index contributed by atoms with van der Waals surface area (Å²) in [5.41, 5.74) is -0.461. The standard InChI is InChI=1S/C16H28O7/c1-15-4-3-8(5-10(15)18)16(15,2)7-22-14-13(21)12(20)11(19)9(6-17)23-14/h8-14,17-21H,3-7H2,1-2H3/t8-,9-,10+,11-,12+,13-,14-,15+,16+/m1/s1. The van der Waals surface area contributed by atoms with Crippen molar-refractivity contribution in [3.63, 3.8) is 0 Å². The zero-order chi connectivity index (χ0) is 17.0. The molecule has 0 radical (unpaired) electrons. The summed E-state index contributed by atoms with van der Waals surface area (Å²) in [4.78, 5) is 0. The average Bonchev–Trinajstić information content (AvgIpc) is 2.87.